The molecule has 4 rings (SSSR count). The molecule has 2 saturated heterocycles. The van der Waals surface area contributed by atoms with Gasteiger partial charge in [-0.05, 0) is 64.7 Å². The third-order valence-electron chi connectivity index (χ3n) is 6.55. The van der Waals surface area contributed by atoms with Gasteiger partial charge in [-0.2, -0.15) is 0 Å². The van der Waals surface area contributed by atoms with Crippen molar-refractivity contribution >= 4 is 0 Å². The van der Waals surface area contributed by atoms with Crippen molar-refractivity contribution in [2.24, 2.45) is 7.05 Å². The van der Waals surface area contributed by atoms with Gasteiger partial charge in [0.1, 0.15) is 11.6 Å². The number of piperidine rings is 2. The van der Waals surface area contributed by atoms with Gasteiger partial charge >= 0.3 is 0 Å². The summed E-state index contributed by atoms with van der Waals surface area (Å²) in [5, 5.41) is 9.13. The Morgan fingerprint density at radius 3 is 2.25 bits per heavy atom. The standard InChI is InChI=1S/C19H33N5/c1-22-18(15-23-11-5-2-6-12-23)20-21-19(22)16-9-13-24(14-10-16)17-7-3-4-8-17/h16-17H,2-15H2,1H3. The van der Waals surface area contributed by atoms with Crippen molar-refractivity contribution in [3.63, 3.8) is 0 Å². The maximum absolute atomic E-state index is 4.60. The molecule has 3 aliphatic rings. The smallest absolute Gasteiger partial charge is 0.146 e. The number of aromatic nitrogens is 3. The van der Waals surface area contributed by atoms with Crippen LogP contribution in [0.2, 0.25) is 0 Å². The fourth-order valence-electron chi connectivity index (χ4n) is 4.98. The van der Waals surface area contributed by atoms with E-state index in [1.807, 2.05) is 0 Å². The van der Waals surface area contributed by atoms with E-state index >= 15 is 0 Å². The normalized spacial score (nSPS) is 25.5. The lowest BCUT2D eigenvalue weighted by molar-refractivity contribution is 0.151. The Labute approximate surface area is 146 Å². The molecule has 134 valence electrons. The highest BCUT2D eigenvalue weighted by Crippen LogP contribution is 2.31. The van der Waals surface area contributed by atoms with E-state index in [-0.39, 0.29) is 0 Å². The van der Waals surface area contributed by atoms with Crippen LogP contribution >= 0.6 is 0 Å². The lowest BCUT2D eigenvalue weighted by atomic mass is 9.94. The lowest BCUT2D eigenvalue weighted by Gasteiger charge is -2.35. The number of likely N-dealkylation sites (tertiary alicyclic amines) is 2. The highest BCUT2D eigenvalue weighted by molar-refractivity contribution is 5.04. The van der Waals surface area contributed by atoms with Crippen molar-refractivity contribution in [1.29, 1.82) is 0 Å². The van der Waals surface area contributed by atoms with E-state index in [0.717, 1.165) is 18.4 Å². The monoisotopic (exact) mass is 331 g/mol. The Kier molecular flexibility index (Phi) is 5.18. The van der Waals surface area contributed by atoms with Crippen molar-refractivity contribution < 1.29 is 0 Å². The molecule has 0 bridgehead atoms. The average Bonchev–Trinajstić information content (AvgIpc) is 3.27. The Morgan fingerprint density at radius 1 is 0.833 bits per heavy atom. The van der Waals surface area contributed by atoms with Gasteiger partial charge in [-0.15, -0.1) is 10.2 Å². The fraction of sp³-hybridized carbons (Fsp3) is 0.895. The minimum absolute atomic E-state index is 0.607. The first-order valence-corrected chi connectivity index (χ1v) is 10.2. The van der Waals surface area contributed by atoms with E-state index < -0.39 is 0 Å². The molecule has 5 nitrogen and oxygen atoms in total. The summed E-state index contributed by atoms with van der Waals surface area (Å²) in [6.07, 6.45) is 12.3. The first-order valence-electron chi connectivity index (χ1n) is 10.2. The summed E-state index contributed by atoms with van der Waals surface area (Å²) in [6, 6.07) is 0.875. The molecule has 0 spiro atoms. The summed E-state index contributed by atoms with van der Waals surface area (Å²) >= 11 is 0. The Balaban J connectivity index is 1.35. The molecule has 0 atom stereocenters. The maximum Gasteiger partial charge on any atom is 0.146 e. The molecular formula is C19H33N5. The number of hydrogen-bond acceptors (Lipinski definition) is 4. The summed E-state index contributed by atoms with van der Waals surface area (Å²) < 4.78 is 2.30. The average molecular weight is 332 g/mol. The number of rotatable bonds is 4. The van der Waals surface area contributed by atoms with E-state index in [9.17, 15) is 0 Å². The predicted octanol–water partition coefficient (Wildman–Crippen LogP) is 2.92. The molecule has 1 aliphatic carbocycles. The number of nitrogens with zero attached hydrogens (tertiary/aromatic N) is 5. The largest absolute Gasteiger partial charge is 0.317 e. The van der Waals surface area contributed by atoms with Crippen LogP contribution in [0.3, 0.4) is 0 Å². The molecule has 0 amide bonds. The molecule has 3 fully saturated rings. The number of hydrogen-bond donors (Lipinski definition) is 0. The van der Waals surface area contributed by atoms with Crippen LogP contribution in [-0.4, -0.2) is 56.8 Å². The van der Waals surface area contributed by atoms with Gasteiger partial charge in [-0.3, -0.25) is 4.90 Å². The van der Waals surface area contributed by atoms with Crippen molar-refractivity contribution in [2.75, 3.05) is 26.2 Å². The van der Waals surface area contributed by atoms with Crippen LogP contribution in [0.1, 0.15) is 75.4 Å². The summed E-state index contributed by atoms with van der Waals surface area (Å²) in [5.41, 5.74) is 0. The van der Waals surface area contributed by atoms with Gasteiger partial charge in [-0.1, -0.05) is 19.3 Å². The Hall–Kier alpha value is -0.940. The summed E-state index contributed by atoms with van der Waals surface area (Å²) in [7, 11) is 2.18. The molecule has 0 N–H and O–H groups in total. The summed E-state index contributed by atoms with van der Waals surface area (Å²) in [5.74, 6) is 2.99. The van der Waals surface area contributed by atoms with Crippen LogP contribution in [0.5, 0.6) is 0 Å². The van der Waals surface area contributed by atoms with Gasteiger partial charge in [0.05, 0.1) is 6.54 Å². The Morgan fingerprint density at radius 2 is 1.54 bits per heavy atom. The van der Waals surface area contributed by atoms with Crippen molar-refractivity contribution in [3.8, 4) is 0 Å². The third kappa shape index (κ3) is 3.52. The molecule has 24 heavy (non-hydrogen) atoms. The van der Waals surface area contributed by atoms with Crippen molar-refractivity contribution in [2.45, 2.75) is 76.3 Å². The van der Waals surface area contributed by atoms with Gasteiger partial charge in [0, 0.05) is 19.0 Å². The van der Waals surface area contributed by atoms with Gasteiger partial charge in [-0.25, -0.2) is 0 Å². The SMILES string of the molecule is Cn1c(CN2CCCCC2)nnc1C1CCN(C2CCCC2)CC1. The van der Waals surface area contributed by atoms with Crippen LogP contribution in [0, 0.1) is 0 Å². The van der Waals surface area contributed by atoms with E-state index in [1.54, 1.807) is 0 Å². The molecule has 0 aromatic carbocycles. The molecule has 0 unspecified atom stereocenters. The summed E-state index contributed by atoms with van der Waals surface area (Å²) in [4.78, 5) is 5.29. The zero-order valence-electron chi connectivity index (χ0n) is 15.3. The second-order valence-corrected chi connectivity index (χ2v) is 8.12. The van der Waals surface area contributed by atoms with Crippen LogP contribution in [0.4, 0.5) is 0 Å². The molecule has 5 heteroatoms. The van der Waals surface area contributed by atoms with E-state index in [0.29, 0.717) is 5.92 Å². The van der Waals surface area contributed by atoms with E-state index in [1.165, 1.54) is 89.8 Å². The topological polar surface area (TPSA) is 37.2 Å². The minimum Gasteiger partial charge on any atom is -0.317 e. The fourth-order valence-corrected chi connectivity index (χ4v) is 4.98. The van der Waals surface area contributed by atoms with Crippen molar-refractivity contribution in [1.82, 2.24) is 24.6 Å². The maximum atomic E-state index is 4.60. The van der Waals surface area contributed by atoms with Crippen LogP contribution < -0.4 is 0 Å². The summed E-state index contributed by atoms with van der Waals surface area (Å²) in [6.45, 7) is 5.93. The van der Waals surface area contributed by atoms with Gasteiger partial charge in [0.15, 0.2) is 0 Å². The molecule has 1 aromatic heterocycles. The molecule has 2 aliphatic heterocycles. The van der Waals surface area contributed by atoms with Gasteiger partial charge in [0.25, 0.3) is 0 Å². The van der Waals surface area contributed by atoms with Gasteiger partial charge < -0.3 is 9.47 Å². The van der Waals surface area contributed by atoms with E-state index in [2.05, 4.69) is 31.6 Å². The molecule has 0 radical (unpaired) electrons. The Bertz CT molecular complexity index is 520. The highest BCUT2D eigenvalue weighted by Gasteiger charge is 2.30. The zero-order valence-corrected chi connectivity index (χ0v) is 15.3. The third-order valence-corrected chi connectivity index (χ3v) is 6.55. The molecule has 1 saturated carbocycles. The first-order chi connectivity index (χ1) is 11.8. The quantitative estimate of drug-likeness (QED) is 0.850. The second kappa shape index (κ2) is 7.52. The molecule has 1 aromatic rings. The highest BCUT2D eigenvalue weighted by atomic mass is 15.3. The van der Waals surface area contributed by atoms with Crippen LogP contribution in [0.25, 0.3) is 0 Å². The first kappa shape index (κ1) is 16.5. The van der Waals surface area contributed by atoms with E-state index in [4.69, 9.17) is 0 Å². The molecular weight excluding hydrogens is 298 g/mol. The molecule has 3 heterocycles. The zero-order chi connectivity index (χ0) is 16.4. The minimum atomic E-state index is 0.607. The van der Waals surface area contributed by atoms with Crippen molar-refractivity contribution in [3.05, 3.63) is 11.6 Å². The van der Waals surface area contributed by atoms with Crippen LogP contribution in [0.15, 0.2) is 0 Å². The van der Waals surface area contributed by atoms with Gasteiger partial charge in [0.2, 0.25) is 0 Å². The predicted molar refractivity (Wildman–Crippen MR) is 95.9 cm³/mol. The van der Waals surface area contributed by atoms with Crippen LogP contribution in [-0.2, 0) is 13.6 Å². The second-order valence-electron chi connectivity index (χ2n) is 8.12. The lowest BCUT2D eigenvalue weighted by Crippen LogP contribution is -2.40.